The Morgan fingerprint density at radius 3 is 2.29 bits per heavy atom. The third-order valence-electron chi connectivity index (χ3n) is 7.11. The topological polar surface area (TPSA) is 139 Å². The zero-order chi connectivity index (χ0) is 27.2. The Bertz CT molecular complexity index is 1310. The van der Waals surface area contributed by atoms with Crippen LogP contribution in [0.5, 0.6) is 5.75 Å². The number of anilines is 1. The molecule has 2 amide bonds. The fourth-order valence-corrected chi connectivity index (χ4v) is 6.94. The molecule has 5 rings (SSSR count). The number of carbonyl (C=O) groups is 2. The molecule has 2 aromatic rings. The first-order valence-corrected chi connectivity index (χ1v) is 13.4. The maximum absolute atomic E-state index is 13.7. The van der Waals surface area contributed by atoms with Crippen LogP contribution in [0.4, 0.5) is 19.1 Å². The summed E-state index contributed by atoms with van der Waals surface area (Å²) in [4.78, 5) is 35.1. The summed E-state index contributed by atoms with van der Waals surface area (Å²) in [6, 6.07) is 3.76. The average molecular weight is 555 g/mol. The summed E-state index contributed by atoms with van der Waals surface area (Å²) < 4.78 is 70.1. The van der Waals surface area contributed by atoms with Crippen LogP contribution in [0.2, 0.25) is 0 Å². The number of alkyl halides is 3. The van der Waals surface area contributed by atoms with E-state index in [0.717, 1.165) is 24.3 Å². The van der Waals surface area contributed by atoms with Crippen molar-refractivity contribution in [2.45, 2.75) is 30.1 Å². The van der Waals surface area contributed by atoms with Gasteiger partial charge in [0.05, 0.1) is 10.5 Å². The molecule has 3 fully saturated rings. The number of nitrogens with two attached hydrogens (primary N) is 1. The van der Waals surface area contributed by atoms with Gasteiger partial charge in [-0.1, -0.05) is 0 Å². The van der Waals surface area contributed by atoms with Crippen LogP contribution in [0.1, 0.15) is 23.2 Å². The minimum Gasteiger partial charge on any atom is -0.406 e. The summed E-state index contributed by atoms with van der Waals surface area (Å²) >= 11 is 0. The molecule has 0 radical (unpaired) electrons. The van der Waals surface area contributed by atoms with Gasteiger partial charge in [0.25, 0.3) is 5.91 Å². The fourth-order valence-electron chi connectivity index (χ4n) is 5.24. The van der Waals surface area contributed by atoms with Crippen LogP contribution in [0.25, 0.3) is 0 Å². The van der Waals surface area contributed by atoms with E-state index in [2.05, 4.69) is 14.7 Å². The van der Waals surface area contributed by atoms with Gasteiger partial charge in [0.1, 0.15) is 5.75 Å². The third-order valence-corrected chi connectivity index (χ3v) is 9.02. The number of ether oxygens (including phenoxy) is 1. The van der Waals surface area contributed by atoms with Crippen molar-refractivity contribution in [2.24, 2.45) is 17.6 Å². The SMILES string of the molecule is NC(=O)c1cnc(N2CC3C(C2)C3N(CCN2CCCC2=O)S(=O)(=O)c2ccc(OC(F)(F)F)cc2)nc1. The van der Waals surface area contributed by atoms with Crippen LogP contribution in [0.15, 0.2) is 41.6 Å². The molecular formula is C23H25F3N6O5S. The van der Waals surface area contributed by atoms with Crippen LogP contribution in [-0.2, 0) is 14.8 Å². The smallest absolute Gasteiger partial charge is 0.406 e. The third kappa shape index (κ3) is 5.25. The Morgan fingerprint density at radius 2 is 1.76 bits per heavy atom. The van der Waals surface area contributed by atoms with E-state index in [-0.39, 0.29) is 47.3 Å². The van der Waals surface area contributed by atoms with Crippen molar-refractivity contribution >= 4 is 27.8 Å². The molecule has 3 heterocycles. The van der Waals surface area contributed by atoms with E-state index in [1.165, 1.54) is 16.7 Å². The molecule has 1 aromatic carbocycles. The Balaban J connectivity index is 1.33. The number of likely N-dealkylation sites (tertiary alicyclic amines) is 1. The number of amides is 2. The molecule has 15 heteroatoms. The van der Waals surface area contributed by atoms with Crippen LogP contribution in [0.3, 0.4) is 0 Å². The molecule has 0 bridgehead atoms. The van der Waals surface area contributed by atoms with Gasteiger partial charge in [-0.25, -0.2) is 18.4 Å². The first-order chi connectivity index (χ1) is 17.9. The van der Waals surface area contributed by atoms with Crippen molar-refractivity contribution in [3.05, 3.63) is 42.2 Å². The second kappa shape index (κ2) is 9.69. The second-order valence-corrected chi connectivity index (χ2v) is 11.4. The van der Waals surface area contributed by atoms with Crippen molar-refractivity contribution in [2.75, 3.05) is 37.6 Å². The highest BCUT2D eigenvalue weighted by atomic mass is 32.2. The summed E-state index contributed by atoms with van der Waals surface area (Å²) in [5, 5.41) is 0. The molecule has 38 heavy (non-hydrogen) atoms. The molecule has 2 N–H and O–H groups in total. The Hall–Kier alpha value is -3.46. The number of fused-ring (bicyclic) bond motifs is 1. The Morgan fingerprint density at radius 1 is 1.13 bits per heavy atom. The van der Waals surface area contributed by atoms with Crippen molar-refractivity contribution in [1.82, 2.24) is 19.2 Å². The molecule has 2 saturated heterocycles. The molecule has 2 atom stereocenters. The number of primary amides is 1. The normalized spacial score (nSPS) is 23.2. The van der Waals surface area contributed by atoms with Crippen molar-refractivity contribution in [3.63, 3.8) is 0 Å². The molecule has 0 spiro atoms. The number of carbonyl (C=O) groups excluding carboxylic acids is 2. The van der Waals surface area contributed by atoms with E-state index in [1.54, 1.807) is 4.90 Å². The van der Waals surface area contributed by atoms with E-state index in [4.69, 9.17) is 5.73 Å². The van der Waals surface area contributed by atoms with Gasteiger partial charge in [-0.15, -0.1) is 13.2 Å². The van der Waals surface area contributed by atoms with Crippen molar-refractivity contribution < 1.29 is 35.9 Å². The molecule has 1 aliphatic carbocycles. The predicted octanol–water partition coefficient (Wildman–Crippen LogP) is 1.22. The van der Waals surface area contributed by atoms with Crippen LogP contribution >= 0.6 is 0 Å². The van der Waals surface area contributed by atoms with Crippen molar-refractivity contribution in [1.29, 1.82) is 0 Å². The van der Waals surface area contributed by atoms with Gasteiger partial charge < -0.3 is 20.3 Å². The number of rotatable bonds is 9. The average Bonchev–Trinajstić information content (AvgIpc) is 3.16. The van der Waals surface area contributed by atoms with Gasteiger partial charge in [-0.05, 0) is 42.5 Å². The van der Waals surface area contributed by atoms with E-state index in [0.29, 0.717) is 38.4 Å². The predicted molar refractivity (Wildman–Crippen MR) is 126 cm³/mol. The van der Waals surface area contributed by atoms with E-state index >= 15 is 0 Å². The number of nitrogens with zero attached hydrogens (tertiary/aromatic N) is 5. The van der Waals surface area contributed by atoms with Crippen LogP contribution < -0.4 is 15.4 Å². The summed E-state index contributed by atoms with van der Waals surface area (Å²) in [7, 11) is -4.09. The van der Waals surface area contributed by atoms with Gasteiger partial charge in [0.15, 0.2) is 0 Å². The second-order valence-electron chi connectivity index (χ2n) is 9.48. The first kappa shape index (κ1) is 26.2. The lowest BCUT2D eigenvalue weighted by Crippen LogP contribution is -2.43. The maximum atomic E-state index is 13.7. The quantitative estimate of drug-likeness (QED) is 0.488. The maximum Gasteiger partial charge on any atom is 0.573 e. The lowest BCUT2D eigenvalue weighted by molar-refractivity contribution is -0.274. The van der Waals surface area contributed by atoms with Gasteiger partial charge >= 0.3 is 6.36 Å². The summed E-state index contributed by atoms with van der Waals surface area (Å²) in [5.74, 6) is -0.839. The largest absolute Gasteiger partial charge is 0.573 e. The monoisotopic (exact) mass is 554 g/mol. The molecule has 1 aromatic heterocycles. The number of halogens is 3. The zero-order valence-electron chi connectivity index (χ0n) is 20.0. The van der Waals surface area contributed by atoms with E-state index in [1.807, 2.05) is 4.90 Å². The van der Waals surface area contributed by atoms with Gasteiger partial charge in [-0.3, -0.25) is 9.59 Å². The Labute approximate surface area is 216 Å². The molecule has 1 saturated carbocycles. The molecule has 11 nitrogen and oxygen atoms in total. The highest BCUT2D eigenvalue weighted by Gasteiger charge is 2.61. The van der Waals surface area contributed by atoms with Gasteiger partial charge in [0.2, 0.25) is 21.9 Å². The molecule has 2 aliphatic heterocycles. The lowest BCUT2D eigenvalue weighted by Gasteiger charge is -2.28. The zero-order valence-corrected chi connectivity index (χ0v) is 20.9. The molecule has 2 unspecified atom stereocenters. The first-order valence-electron chi connectivity index (χ1n) is 12.0. The molecule has 204 valence electrons. The number of aromatic nitrogens is 2. The minimum atomic E-state index is -4.89. The summed E-state index contributed by atoms with van der Waals surface area (Å²) in [6.07, 6.45) is -1.09. The summed E-state index contributed by atoms with van der Waals surface area (Å²) in [6.45, 7) is 1.82. The lowest BCUT2D eigenvalue weighted by atomic mass is 10.3. The highest BCUT2D eigenvalue weighted by molar-refractivity contribution is 7.89. The Kier molecular flexibility index (Phi) is 6.67. The highest BCUT2D eigenvalue weighted by Crippen LogP contribution is 2.51. The standard InChI is InChI=1S/C23H25F3N6O5S/c24-23(25,26)37-15-3-5-16(6-4-15)38(35,36)32(9-8-30-7-1-2-19(30)33)20-17-12-31(13-18(17)20)22-28-10-14(11-29-22)21(27)34/h3-6,10-11,17-18,20H,1-2,7-9,12-13H2,(H2,27,34). The van der Waals surface area contributed by atoms with Gasteiger partial charge in [0, 0.05) is 57.6 Å². The van der Waals surface area contributed by atoms with Crippen molar-refractivity contribution in [3.8, 4) is 5.75 Å². The number of benzene rings is 1. The molecular weight excluding hydrogens is 529 g/mol. The number of sulfonamides is 1. The van der Waals surface area contributed by atoms with Gasteiger partial charge in [-0.2, -0.15) is 4.31 Å². The fraction of sp³-hybridized carbons (Fsp3) is 0.478. The molecule has 3 aliphatic rings. The minimum absolute atomic E-state index is 0.0219. The van der Waals surface area contributed by atoms with E-state index < -0.39 is 28.0 Å². The number of hydrogen-bond donors (Lipinski definition) is 1. The van der Waals surface area contributed by atoms with Crippen LogP contribution in [-0.4, -0.2) is 84.5 Å². The number of piperidine rings is 1. The van der Waals surface area contributed by atoms with Crippen LogP contribution in [0, 0.1) is 11.8 Å². The number of hydrogen-bond acceptors (Lipinski definition) is 8. The van der Waals surface area contributed by atoms with E-state index in [9.17, 15) is 31.2 Å². The summed E-state index contributed by atoms with van der Waals surface area (Å²) in [5.41, 5.74) is 5.40.